The molecule has 0 atom stereocenters. The summed E-state index contributed by atoms with van der Waals surface area (Å²) in [6.45, 7) is 0.393. The number of aliphatic carboxylic acids is 1. The number of ether oxygens (including phenoxy) is 1. The van der Waals surface area contributed by atoms with Crippen LogP contribution in [0.25, 0.3) is 11.3 Å². The highest BCUT2D eigenvalue weighted by atomic mass is 16.5. The summed E-state index contributed by atoms with van der Waals surface area (Å²) in [5, 5.41) is 11.7. The van der Waals surface area contributed by atoms with Gasteiger partial charge in [-0.05, 0) is 18.1 Å². The number of carbonyl (C=O) groups excluding carboxylic acids is 1. The number of para-hydroxylation sites is 1. The van der Waals surface area contributed by atoms with E-state index < -0.39 is 5.97 Å². The maximum atomic E-state index is 12.4. The zero-order chi connectivity index (χ0) is 16.7. The maximum Gasteiger partial charge on any atom is 0.303 e. The summed E-state index contributed by atoms with van der Waals surface area (Å²) in [5.74, 6) is -0.375. The van der Waals surface area contributed by atoms with Gasteiger partial charge in [0, 0.05) is 28.8 Å². The molecule has 0 saturated carbocycles. The number of rotatable bonds is 3. The van der Waals surface area contributed by atoms with Crippen LogP contribution in [0, 0.1) is 0 Å². The van der Waals surface area contributed by atoms with Gasteiger partial charge in [0.1, 0.15) is 12.4 Å². The van der Waals surface area contributed by atoms with E-state index in [4.69, 9.17) is 9.84 Å². The molecule has 2 aromatic rings. The lowest BCUT2D eigenvalue weighted by Crippen LogP contribution is -2.05. The molecular weight excluding hydrogens is 306 g/mol. The highest BCUT2D eigenvalue weighted by Crippen LogP contribution is 2.41. The van der Waals surface area contributed by atoms with Crippen LogP contribution in [0.2, 0.25) is 0 Å². The van der Waals surface area contributed by atoms with Crippen LogP contribution in [0.15, 0.2) is 42.5 Å². The zero-order valence-corrected chi connectivity index (χ0v) is 12.8. The molecule has 24 heavy (non-hydrogen) atoms. The molecule has 0 aliphatic carbocycles. The molecule has 0 radical (unpaired) electrons. The van der Waals surface area contributed by atoms with Crippen molar-refractivity contribution in [3.8, 4) is 0 Å². The molecule has 4 rings (SSSR count). The molecular formula is C19H15NO4. The molecule has 0 aromatic heterocycles. The number of carboxylic acids is 1. The number of hydrogen-bond acceptors (Lipinski definition) is 3. The predicted octanol–water partition coefficient (Wildman–Crippen LogP) is 3.05. The van der Waals surface area contributed by atoms with Crippen LogP contribution in [-0.2, 0) is 27.4 Å². The van der Waals surface area contributed by atoms with E-state index in [0.717, 1.165) is 27.9 Å². The molecule has 0 unspecified atom stereocenters. The number of benzene rings is 2. The van der Waals surface area contributed by atoms with Crippen molar-refractivity contribution < 1.29 is 19.4 Å². The lowest BCUT2D eigenvalue weighted by molar-refractivity contribution is -0.137. The topological polar surface area (TPSA) is 75.6 Å². The largest absolute Gasteiger partial charge is 0.487 e. The van der Waals surface area contributed by atoms with Gasteiger partial charge >= 0.3 is 5.97 Å². The van der Waals surface area contributed by atoms with E-state index in [1.807, 2.05) is 42.5 Å². The van der Waals surface area contributed by atoms with Crippen molar-refractivity contribution in [2.75, 3.05) is 5.32 Å². The minimum atomic E-state index is -0.811. The van der Waals surface area contributed by atoms with E-state index in [0.29, 0.717) is 24.4 Å². The van der Waals surface area contributed by atoms with Crippen LogP contribution in [0.5, 0.6) is 0 Å². The van der Waals surface area contributed by atoms with Crippen molar-refractivity contribution >= 4 is 28.9 Å². The molecule has 0 bridgehead atoms. The van der Waals surface area contributed by atoms with E-state index in [-0.39, 0.29) is 12.3 Å². The molecule has 0 saturated heterocycles. The third kappa shape index (κ3) is 2.34. The second kappa shape index (κ2) is 5.53. The van der Waals surface area contributed by atoms with E-state index in [1.165, 1.54) is 0 Å². The van der Waals surface area contributed by atoms with Crippen LogP contribution < -0.4 is 5.32 Å². The first kappa shape index (κ1) is 14.5. The van der Waals surface area contributed by atoms with Crippen molar-refractivity contribution in [1.29, 1.82) is 0 Å². The van der Waals surface area contributed by atoms with Gasteiger partial charge in [0.2, 0.25) is 0 Å². The molecule has 2 aliphatic heterocycles. The molecule has 0 fully saturated rings. The third-order valence-electron chi connectivity index (χ3n) is 4.31. The number of hydrogen-bond donors (Lipinski definition) is 2. The Morgan fingerprint density at radius 3 is 2.83 bits per heavy atom. The molecule has 2 heterocycles. The second-order valence-corrected chi connectivity index (χ2v) is 5.88. The zero-order valence-electron chi connectivity index (χ0n) is 12.8. The first-order valence-electron chi connectivity index (χ1n) is 7.75. The lowest BCUT2D eigenvalue weighted by Gasteiger charge is -2.05. The standard InChI is InChI=1S/C19H15NO4/c21-16(22)8-6-11-5-7-13-12(9-11)10-24-18(13)17-14-3-1-2-4-15(14)20-19(17)23/h1-5,7,9H,6,8,10H2,(H,20,23)(H,21,22)/b18-17+. The fraction of sp³-hybridized carbons (Fsp3) is 0.158. The number of fused-ring (bicyclic) bond motifs is 2. The maximum absolute atomic E-state index is 12.4. The van der Waals surface area contributed by atoms with Crippen LogP contribution in [0.1, 0.15) is 28.7 Å². The Kier molecular flexibility index (Phi) is 3.34. The molecule has 2 aromatic carbocycles. The number of carboxylic acid groups (broad SMARTS) is 1. The van der Waals surface area contributed by atoms with Gasteiger partial charge in [-0.1, -0.05) is 36.4 Å². The van der Waals surface area contributed by atoms with Gasteiger partial charge in [-0.25, -0.2) is 0 Å². The van der Waals surface area contributed by atoms with Crippen molar-refractivity contribution in [2.45, 2.75) is 19.4 Å². The van der Waals surface area contributed by atoms with Gasteiger partial charge in [0.15, 0.2) is 0 Å². The molecule has 2 N–H and O–H groups in total. The number of anilines is 1. The highest BCUT2D eigenvalue weighted by Gasteiger charge is 2.32. The normalized spacial score (nSPS) is 17.9. The molecule has 2 aliphatic rings. The number of amides is 1. The Balaban J connectivity index is 1.74. The fourth-order valence-electron chi connectivity index (χ4n) is 3.17. The molecule has 0 spiro atoms. The third-order valence-corrected chi connectivity index (χ3v) is 4.31. The Morgan fingerprint density at radius 2 is 2.00 bits per heavy atom. The smallest absolute Gasteiger partial charge is 0.303 e. The summed E-state index contributed by atoms with van der Waals surface area (Å²) in [5.41, 5.74) is 5.04. The van der Waals surface area contributed by atoms with Crippen molar-refractivity contribution in [3.05, 3.63) is 64.7 Å². The van der Waals surface area contributed by atoms with Gasteiger partial charge in [-0.15, -0.1) is 0 Å². The fourth-order valence-corrected chi connectivity index (χ4v) is 3.17. The lowest BCUT2D eigenvalue weighted by atomic mass is 9.98. The summed E-state index contributed by atoms with van der Waals surface area (Å²) in [6.07, 6.45) is 0.585. The summed E-state index contributed by atoms with van der Waals surface area (Å²) < 4.78 is 5.82. The quantitative estimate of drug-likeness (QED) is 0.852. The Hall–Kier alpha value is -3.08. The van der Waals surface area contributed by atoms with E-state index >= 15 is 0 Å². The van der Waals surface area contributed by atoms with Crippen LogP contribution in [-0.4, -0.2) is 17.0 Å². The monoisotopic (exact) mass is 321 g/mol. The Labute approximate surface area is 138 Å². The minimum absolute atomic E-state index is 0.101. The molecule has 120 valence electrons. The molecule has 5 nitrogen and oxygen atoms in total. The number of aryl methyl sites for hydroxylation is 1. The van der Waals surface area contributed by atoms with Crippen LogP contribution >= 0.6 is 0 Å². The number of carbonyl (C=O) groups is 2. The first-order valence-corrected chi connectivity index (χ1v) is 7.75. The van der Waals surface area contributed by atoms with Crippen LogP contribution in [0.4, 0.5) is 5.69 Å². The predicted molar refractivity (Wildman–Crippen MR) is 89.1 cm³/mol. The van der Waals surface area contributed by atoms with Crippen LogP contribution in [0.3, 0.4) is 0 Å². The average molecular weight is 321 g/mol. The Bertz CT molecular complexity index is 898. The van der Waals surface area contributed by atoms with Gasteiger partial charge in [-0.3, -0.25) is 9.59 Å². The number of nitrogens with one attached hydrogen (secondary N) is 1. The molecule has 5 heteroatoms. The van der Waals surface area contributed by atoms with E-state index in [1.54, 1.807) is 0 Å². The van der Waals surface area contributed by atoms with Crippen molar-refractivity contribution in [3.63, 3.8) is 0 Å². The minimum Gasteiger partial charge on any atom is -0.487 e. The Morgan fingerprint density at radius 1 is 1.17 bits per heavy atom. The van der Waals surface area contributed by atoms with Gasteiger partial charge in [-0.2, -0.15) is 0 Å². The molecule has 1 amide bonds. The summed E-state index contributed by atoms with van der Waals surface area (Å²) in [4.78, 5) is 23.1. The second-order valence-electron chi connectivity index (χ2n) is 5.88. The van der Waals surface area contributed by atoms with E-state index in [9.17, 15) is 9.59 Å². The van der Waals surface area contributed by atoms with Gasteiger partial charge in [0.25, 0.3) is 5.91 Å². The average Bonchev–Trinajstić information content (AvgIpc) is 3.12. The summed E-state index contributed by atoms with van der Waals surface area (Å²) >= 11 is 0. The van der Waals surface area contributed by atoms with Crippen molar-refractivity contribution in [2.24, 2.45) is 0 Å². The SMILES string of the molecule is O=C(O)CCc1ccc2c(c1)CO/C2=C1/C(=O)Nc2ccccc21. The van der Waals surface area contributed by atoms with E-state index in [2.05, 4.69) is 5.32 Å². The first-order chi connectivity index (χ1) is 11.6. The van der Waals surface area contributed by atoms with Crippen molar-refractivity contribution in [1.82, 2.24) is 0 Å². The highest BCUT2D eigenvalue weighted by molar-refractivity contribution is 6.36. The summed E-state index contributed by atoms with van der Waals surface area (Å²) in [6, 6.07) is 13.3. The van der Waals surface area contributed by atoms with Gasteiger partial charge < -0.3 is 15.2 Å². The van der Waals surface area contributed by atoms with Gasteiger partial charge in [0.05, 0.1) is 5.57 Å². The summed E-state index contributed by atoms with van der Waals surface area (Å²) in [7, 11) is 0.